The van der Waals surface area contributed by atoms with Crippen LogP contribution in [-0.4, -0.2) is 30.2 Å². The summed E-state index contributed by atoms with van der Waals surface area (Å²) in [6.07, 6.45) is 1.51. The van der Waals surface area contributed by atoms with Crippen molar-refractivity contribution in [1.82, 2.24) is 5.32 Å². The highest BCUT2D eigenvalue weighted by molar-refractivity contribution is 5.87. The monoisotopic (exact) mass is 272 g/mol. The predicted octanol–water partition coefficient (Wildman–Crippen LogP) is 2.14. The van der Waals surface area contributed by atoms with Crippen molar-refractivity contribution in [3.63, 3.8) is 0 Å². The molecule has 0 radical (unpaired) electrons. The van der Waals surface area contributed by atoms with Crippen LogP contribution in [0.3, 0.4) is 0 Å². The number of aliphatic hydroxyl groups is 1. The lowest BCUT2D eigenvalue weighted by molar-refractivity contribution is -0.105. The Bertz CT molecular complexity index is 563. The van der Waals surface area contributed by atoms with Crippen LogP contribution >= 0.6 is 0 Å². The average Bonchev–Trinajstić information content (AvgIpc) is 2.83. The van der Waals surface area contributed by atoms with Crippen molar-refractivity contribution in [2.45, 2.75) is 25.5 Å². The van der Waals surface area contributed by atoms with Gasteiger partial charge in [-0.05, 0) is 36.2 Å². The number of hydrogen-bond acceptors (Lipinski definition) is 3. The number of β-amino-alcohol motifs (C(OH)–C–C–N with tert-alkyl or cyclic N) is 1. The van der Waals surface area contributed by atoms with Crippen LogP contribution in [0.4, 0.5) is 5.69 Å². The highest BCUT2D eigenvalue weighted by Gasteiger charge is 2.16. The third-order valence-electron chi connectivity index (χ3n) is 3.30. The van der Waals surface area contributed by atoms with Gasteiger partial charge in [0.05, 0.1) is 6.10 Å². The van der Waals surface area contributed by atoms with E-state index >= 15 is 0 Å². The number of anilines is 1. The van der Waals surface area contributed by atoms with Crippen molar-refractivity contribution in [3.8, 4) is 0 Å². The predicted molar refractivity (Wildman–Crippen MR) is 81.7 cm³/mol. The number of amides is 1. The lowest BCUT2D eigenvalue weighted by Crippen LogP contribution is -2.17. The zero-order valence-corrected chi connectivity index (χ0v) is 11.5. The molecule has 1 amide bonds. The molecule has 0 aromatic heterocycles. The molecular weight excluding hydrogens is 252 g/mol. The number of carbonyl (C=O) groups excluding carboxylic acids is 1. The van der Waals surface area contributed by atoms with E-state index in [0.717, 1.165) is 24.0 Å². The normalized spacial score (nSPS) is 21.1. The fraction of sp³-hybridized carbons (Fsp3) is 0.312. The molecule has 0 bridgehead atoms. The van der Waals surface area contributed by atoms with Crippen molar-refractivity contribution in [1.29, 1.82) is 0 Å². The number of rotatable bonds is 2. The van der Waals surface area contributed by atoms with E-state index in [1.54, 1.807) is 0 Å². The Kier molecular flexibility index (Phi) is 5.09. The van der Waals surface area contributed by atoms with Gasteiger partial charge in [0, 0.05) is 18.3 Å². The van der Waals surface area contributed by atoms with E-state index in [0.29, 0.717) is 12.5 Å². The largest absolute Gasteiger partial charge is 0.392 e. The van der Waals surface area contributed by atoms with Gasteiger partial charge in [-0.15, -0.1) is 0 Å². The van der Waals surface area contributed by atoms with Crippen LogP contribution in [0.1, 0.15) is 13.3 Å². The summed E-state index contributed by atoms with van der Waals surface area (Å²) in [6, 6.07) is 14.4. The maximum atomic E-state index is 10.2. The van der Waals surface area contributed by atoms with Crippen molar-refractivity contribution < 1.29 is 9.90 Å². The number of nitrogens with one attached hydrogen (secondary N) is 2. The summed E-state index contributed by atoms with van der Waals surface area (Å²) in [6.45, 7) is 2.86. The zero-order chi connectivity index (χ0) is 14.4. The summed E-state index contributed by atoms with van der Waals surface area (Å²) < 4.78 is 0. The van der Waals surface area contributed by atoms with E-state index < -0.39 is 0 Å². The summed E-state index contributed by atoms with van der Waals surface area (Å²) in [5.41, 5.74) is 0.828. The molecule has 1 aliphatic heterocycles. The van der Waals surface area contributed by atoms with Crippen LogP contribution in [0, 0.1) is 0 Å². The minimum Gasteiger partial charge on any atom is -0.392 e. The van der Waals surface area contributed by atoms with E-state index in [4.69, 9.17) is 5.11 Å². The first kappa shape index (κ1) is 14.5. The van der Waals surface area contributed by atoms with E-state index in [1.165, 1.54) is 5.39 Å². The van der Waals surface area contributed by atoms with Gasteiger partial charge in [0.25, 0.3) is 0 Å². The maximum absolute atomic E-state index is 10.2. The Morgan fingerprint density at radius 3 is 2.55 bits per heavy atom. The smallest absolute Gasteiger partial charge is 0.211 e. The SMILES string of the molecule is C[C@@H]1CC(O)CN1.O=CNc1ccc2ccccc2c1. The van der Waals surface area contributed by atoms with Crippen LogP contribution in [0.5, 0.6) is 0 Å². The van der Waals surface area contributed by atoms with Crippen molar-refractivity contribution in [3.05, 3.63) is 42.5 Å². The molecule has 0 aliphatic carbocycles. The fourth-order valence-electron chi connectivity index (χ4n) is 2.26. The second-order valence-electron chi connectivity index (χ2n) is 5.02. The van der Waals surface area contributed by atoms with Crippen LogP contribution in [0.2, 0.25) is 0 Å². The highest BCUT2D eigenvalue weighted by Crippen LogP contribution is 2.17. The van der Waals surface area contributed by atoms with Crippen LogP contribution < -0.4 is 10.6 Å². The molecule has 0 saturated carbocycles. The molecule has 1 fully saturated rings. The molecule has 20 heavy (non-hydrogen) atoms. The Morgan fingerprint density at radius 1 is 1.25 bits per heavy atom. The second kappa shape index (κ2) is 7.03. The van der Waals surface area contributed by atoms with Gasteiger partial charge >= 0.3 is 0 Å². The molecule has 4 heteroatoms. The standard InChI is InChI=1S/C11H9NO.C5H11NO/c13-8-12-11-6-5-9-3-1-2-4-10(9)7-11;1-4-2-5(7)3-6-4/h1-8H,(H,12,13);4-7H,2-3H2,1H3/t;4-,5?/m.1/s1. The summed E-state index contributed by atoms with van der Waals surface area (Å²) in [5.74, 6) is 0. The van der Waals surface area contributed by atoms with Gasteiger partial charge in [-0.2, -0.15) is 0 Å². The lowest BCUT2D eigenvalue weighted by Gasteiger charge is -2.00. The van der Waals surface area contributed by atoms with Gasteiger partial charge in [0.1, 0.15) is 0 Å². The molecule has 1 saturated heterocycles. The molecule has 1 aliphatic rings. The fourth-order valence-corrected chi connectivity index (χ4v) is 2.26. The van der Waals surface area contributed by atoms with Crippen LogP contribution in [0.25, 0.3) is 10.8 Å². The quantitative estimate of drug-likeness (QED) is 0.734. The van der Waals surface area contributed by atoms with E-state index in [-0.39, 0.29) is 6.10 Å². The summed E-state index contributed by atoms with van der Waals surface area (Å²) in [5, 5.41) is 16.9. The Balaban J connectivity index is 0.000000178. The van der Waals surface area contributed by atoms with Crippen molar-refractivity contribution in [2.75, 3.05) is 11.9 Å². The number of hydrogen-bond donors (Lipinski definition) is 3. The van der Waals surface area contributed by atoms with Crippen molar-refractivity contribution in [2.24, 2.45) is 0 Å². The lowest BCUT2D eigenvalue weighted by atomic mass is 10.1. The van der Waals surface area contributed by atoms with Crippen molar-refractivity contribution >= 4 is 22.9 Å². The number of carbonyl (C=O) groups is 1. The summed E-state index contributed by atoms with van der Waals surface area (Å²) in [7, 11) is 0. The molecule has 0 spiro atoms. The first-order valence-corrected chi connectivity index (χ1v) is 6.79. The molecule has 2 aromatic carbocycles. The van der Waals surface area contributed by atoms with Gasteiger partial charge in [0.15, 0.2) is 0 Å². The molecule has 4 nitrogen and oxygen atoms in total. The number of fused-ring (bicyclic) bond motifs is 1. The van der Waals surface area contributed by atoms with Gasteiger partial charge in [-0.25, -0.2) is 0 Å². The average molecular weight is 272 g/mol. The van der Waals surface area contributed by atoms with Crippen LogP contribution in [-0.2, 0) is 4.79 Å². The molecule has 1 unspecified atom stereocenters. The minimum absolute atomic E-state index is 0.0880. The molecule has 2 atom stereocenters. The summed E-state index contributed by atoms with van der Waals surface area (Å²) >= 11 is 0. The molecule has 1 heterocycles. The molecule has 2 aromatic rings. The number of benzene rings is 2. The Hall–Kier alpha value is -1.91. The maximum Gasteiger partial charge on any atom is 0.211 e. The third kappa shape index (κ3) is 4.05. The van der Waals surface area contributed by atoms with Gasteiger partial charge in [0.2, 0.25) is 6.41 Å². The first-order valence-electron chi connectivity index (χ1n) is 6.79. The minimum atomic E-state index is -0.0880. The van der Waals surface area contributed by atoms with E-state index in [9.17, 15) is 4.79 Å². The van der Waals surface area contributed by atoms with Gasteiger partial charge in [-0.3, -0.25) is 4.79 Å². The first-order chi connectivity index (χ1) is 9.69. The Morgan fingerprint density at radius 2 is 2.00 bits per heavy atom. The Labute approximate surface area is 118 Å². The molecule has 106 valence electrons. The second-order valence-corrected chi connectivity index (χ2v) is 5.02. The summed E-state index contributed by atoms with van der Waals surface area (Å²) in [4.78, 5) is 10.2. The topological polar surface area (TPSA) is 61.4 Å². The highest BCUT2D eigenvalue weighted by atomic mass is 16.3. The van der Waals surface area contributed by atoms with E-state index in [2.05, 4.69) is 17.6 Å². The zero-order valence-electron chi connectivity index (χ0n) is 11.5. The van der Waals surface area contributed by atoms with Crippen LogP contribution in [0.15, 0.2) is 42.5 Å². The molecule has 3 N–H and O–H groups in total. The van der Waals surface area contributed by atoms with Gasteiger partial charge < -0.3 is 15.7 Å². The molecule has 3 rings (SSSR count). The third-order valence-corrected chi connectivity index (χ3v) is 3.30. The van der Waals surface area contributed by atoms with E-state index in [1.807, 2.05) is 42.5 Å². The molecular formula is C16H20N2O2. The van der Waals surface area contributed by atoms with Gasteiger partial charge in [-0.1, -0.05) is 30.3 Å². The number of aliphatic hydroxyl groups excluding tert-OH is 1.